The summed E-state index contributed by atoms with van der Waals surface area (Å²) in [6.45, 7) is 2.90. The van der Waals surface area contributed by atoms with Crippen molar-refractivity contribution >= 4 is 25.7 Å². The van der Waals surface area contributed by atoms with E-state index in [0.29, 0.717) is 28.6 Å². The molecule has 27 heavy (non-hydrogen) atoms. The molecule has 0 unspecified atom stereocenters. The van der Waals surface area contributed by atoms with Gasteiger partial charge in [-0.05, 0) is 79.7 Å². The molecule has 0 saturated heterocycles. The quantitative estimate of drug-likeness (QED) is 0.373. The molecule has 0 heterocycles. The Kier molecular flexibility index (Phi) is 6.23. The SMILES string of the molecule is CCNc1ccc(OP(Oc2ccc(N)cc2)Oc2ccc(N)cc2)cc1. The highest BCUT2D eigenvalue weighted by molar-refractivity contribution is 7.43. The first-order chi connectivity index (χ1) is 13.1. The molecule has 0 atom stereocenters. The second-order valence-corrected chi connectivity index (χ2v) is 6.69. The molecule has 0 amide bonds. The third-order valence-electron chi connectivity index (χ3n) is 3.54. The first-order valence-electron chi connectivity index (χ1n) is 8.51. The van der Waals surface area contributed by atoms with Crippen molar-refractivity contribution in [1.82, 2.24) is 0 Å². The van der Waals surface area contributed by atoms with Gasteiger partial charge in [0.15, 0.2) is 0 Å². The maximum absolute atomic E-state index is 5.95. The minimum atomic E-state index is -1.73. The standard InChI is InChI=1S/C20H22N3O3P/c1-2-23-17-7-13-20(14-8-17)26-27(24-18-9-3-15(21)4-10-18)25-19-11-5-16(22)6-12-19/h3-14,23H,2,21-22H2,1H3. The first kappa shape index (κ1) is 18.7. The van der Waals surface area contributed by atoms with Crippen LogP contribution in [-0.2, 0) is 0 Å². The van der Waals surface area contributed by atoms with Crippen molar-refractivity contribution in [1.29, 1.82) is 0 Å². The lowest BCUT2D eigenvalue weighted by Gasteiger charge is -2.18. The number of nitrogen functional groups attached to an aromatic ring is 2. The van der Waals surface area contributed by atoms with Gasteiger partial charge in [-0.2, -0.15) is 0 Å². The lowest BCUT2D eigenvalue weighted by atomic mass is 10.3. The third-order valence-corrected chi connectivity index (χ3v) is 4.61. The van der Waals surface area contributed by atoms with Crippen molar-refractivity contribution in [2.45, 2.75) is 6.92 Å². The molecule has 3 aromatic rings. The summed E-state index contributed by atoms with van der Waals surface area (Å²) in [6, 6.07) is 21.8. The van der Waals surface area contributed by atoms with E-state index < -0.39 is 8.60 Å². The average molecular weight is 383 g/mol. The molecule has 3 rings (SSSR count). The van der Waals surface area contributed by atoms with Gasteiger partial charge in [0.05, 0.1) is 0 Å². The van der Waals surface area contributed by atoms with Gasteiger partial charge in [-0.1, -0.05) is 0 Å². The molecule has 0 aliphatic heterocycles. The second-order valence-electron chi connectivity index (χ2n) is 5.69. The zero-order valence-electron chi connectivity index (χ0n) is 15.0. The van der Waals surface area contributed by atoms with Gasteiger partial charge in [0.2, 0.25) is 0 Å². The maximum Gasteiger partial charge on any atom is 0.530 e. The van der Waals surface area contributed by atoms with Crippen LogP contribution in [-0.4, -0.2) is 6.54 Å². The fraction of sp³-hybridized carbons (Fsp3) is 0.100. The van der Waals surface area contributed by atoms with Crippen LogP contribution in [0.1, 0.15) is 6.92 Å². The highest BCUT2D eigenvalue weighted by Crippen LogP contribution is 2.42. The van der Waals surface area contributed by atoms with Gasteiger partial charge in [-0.25, -0.2) is 0 Å². The molecule has 0 aliphatic carbocycles. The molecule has 0 bridgehead atoms. The van der Waals surface area contributed by atoms with Crippen molar-refractivity contribution in [3.63, 3.8) is 0 Å². The van der Waals surface area contributed by atoms with E-state index in [4.69, 9.17) is 25.0 Å². The topological polar surface area (TPSA) is 91.8 Å². The predicted molar refractivity (Wildman–Crippen MR) is 111 cm³/mol. The minimum absolute atomic E-state index is 0.607. The summed E-state index contributed by atoms with van der Waals surface area (Å²) in [6.07, 6.45) is 0. The normalized spacial score (nSPS) is 10.4. The maximum atomic E-state index is 5.95. The molecule has 0 aromatic heterocycles. The van der Waals surface area contributed by atoms with Crippen molar-refractivity contribution in [2.24, 2.45) is 0 Å². The Bertz CT molecular complexity index is 792. The number of rotatable bonds is 8. The van der Waals surface area contributed by atoms with Crippen LogP contribution >= 0.6 is 8.60 Å². The lowest BCUT2D eigenvalue weighted by molar-refractivity contribution is 0.388. The van der Waals surface area contributed by atoms with Gasteiger partial charge in [0.1, 0.15) is 17.2 Å². The molecule has 0 saturated carbocycles. The van der Waals surface area contributed by atoms with E-state index >= 15 is 0 Å². The number of hydrogen-bond donors (Lipinski definition) is 3. The molecular weight excluding hydrogens is 361 g/mol. The van der Waals surface area contributed by atoms with Gasteiger partial charge in [0, 0.05) is 23.6 Å². The molecular formula is C20H22N3O3P. The summed E-state index contributed by atoms with van der Waals surface area (Å²) in [7, 11) is -1.73. The van der Waals surface area contributed by atoms with E-state index in [-0.39, 0.29) is 0 Å². The number of nitrogens with one attached hydrogen (secondary N) is 1. The molecule has 7 heteroatoms. The Labute approximate surface area is 160 Å². The van der Waals surface area contributed by atoms with E-state index in [1.54, 1.807) is 48.5 Å². The molecule has 140 valence electrons. The van der Waals surface area contributed by atoms with Crippen molar-refractivity contribution < 1.29 is 13.6 Å². The van der Waals surface area contributed by atoms with Gasteiger partial charge in [-0.15, -0.1) is 0 Å². The Hall–Kier alpha value is -3.11. The molecule has 0 fully saturated rings. The summed E-state index contributed by atoms with van der Waals surface area (Å²) < 4.78 is 17.8. The van der Waals surface area contributed by atoms with Gasteiger partial charge >= 0.3 is 8.60 Å². The number of nitrogens with two attached hydrogens (primary N) is 2. The van der Waals surface area contributed by atoms with E-state index in [0.717, 1.165) is 12.2 Å². The average Bonchev–Trinajstić information content (AvgIpc) is 2.67. The van der Waals surface area contributed by atoms with Crippen molar-refractivity contribution in [3.05, 3.63) is 72.8 Å². The minimum Gasteiger partial charge on any atom is -0.409 e. The summed E-state index contributed by atoms with van der Waals surface area (Å²) in [5.74, 6) is 1.86. The summed E-state index contributed by atoms with van der Waals surface area (Å²) in [4.78, 5) is 0. The van der Waals surface area contributed by atoms with E-state index in [1.165, 1.54) is 0 Å². The zero-order valence-corrected chi connectivity index (χ0v) is 15.9. The van der Waals surface area contributed by atoms with E-state index in [2.05, 4.69) is 5.32 Å². The van der Waals surface area contributed by atoms with Crippen LogP contribution in [0.25, 0.3) is 0 Å². The Morgan fingerprint density at radius 3 is 1.41 bits per heavy atom. The highest BCUT2D eigenvalue weighted by atomic mass is 31.2. The van der Waals surface area contributed by atoms with Crippen LogP contribution < -0.4 is 30.4 Å². The molecule has 6 nitrogen and oxygen atoms in total. The van der Waals surface area contributed by atoms with Crippen LogP contribution in [0.4, 0.5) is 17.1 Å². The zero-order chi connectivity index (χ0) is 19.1. The summed E-state index contributed by atoms with van der Waals surface area (Å²) in [5.41, 5.74) is 13.8. The molecule has 5 N–H and O–H groups in total. The van der Waals surface area contributed by atoms with Crippen LogP contribution in [0, 0.1) is 0 Å². The molecule has 0 spiro atoms. The fourth-order valence-corrected chi connectivity index (χ4v) is 3.20. The van der Waals surface area contributed by atoms with E-state index in [1.807, 2.05) is 31.2 Å². The van der Waals surface area contributed by atoms with Crippen molar-refractivity contribution in [2.75, 3.05) is 23.3 Å². The Morgan fingerprint density at radius 1 is 0.667 bits per heavy atom. The largest absolute Gasteiger partial charge is 0.530 e. The van der Waals surface area contributed by atoms with Crippen LogP contribution in [0.2, 0.25) is 0 Å². The highest BCUT2D eigenvalue weighted by Gasteiger charge is 2.19. The van der Waals surface area contributed by atoms with Crippen molar-refractivity contribution in [3.8, 4) is 17.2 Å². The smallest absolute Gasteiger partial charge is 0.409 e. The molecule has 0 radical (unpaired) electrons. The predicted octanol–water partition coefficient (Wildman–Crippen LogP) is 5.05. The van der Waals surface area contributed by atoms with E-state index in [9.17, 15) is 0 Å². The molecule has 3 aromatic carbocycles. The van der Waals surface area contributed by atoms with Gasteiger partial charge in [-0.3, -0.25) is 0 Å². The molecule has 0 aliphatic rings. The fourth-order valence-electron chi connectivity index (χ4n) is 2.21. The monoisotopic (exact) mass is 383 g/mol. The number of anilines is 3. The third kappa shape index (κ3) is 5.69. The number of hydrogen-bond acceptors (Lipinski definition) is 6. The summed E-state index contributed by atoms with van der Waals surface area (Å²) >= 11 is 0. The van der Waals surface area contributed by atoms with Gasteiger partial charge < -0.3 is 30.4 Å². The van der Waals surface area contributed by atoms with Crippen LogP contribution in [0.15, 0.2) is 72.8 Å². The Morgan fingerprint density at radius 2 is 1.04 bits per heavy atom. The van der Waals surface area contributed by atoms with Gasteiger partial charge in [0.25, 0.3) is 0 Å². The first-order valence-corrected chi connectivity index (χ1v) is 9.61. The number of benzene rings is 3. The van der Waals surface area contributed by atoms with Crippen LogP contribution in [0.5, 0.6) is 17.2 Å². The second kappa shape index (κ2) is 9.01. The van der Waals surface area contributed by atoms with Crippen LogP contribution in [0.3, 0.4) is 0 Å². The lowest BCUT2D eigenvalue weighted by Crippen LogP contribution is -2.03. The Balaban J connectivity index is 1.75. The summed E-state index contributed by atoms with van der Waals surface area (Å²) in [5, 5.41) is 3.24.